The first-order valence-corrected chi connectivity index (χ1v) is 8.20. The van der Waals surface area contributed by atoms with Crippen LogP contribution >= 0.6 is 11.8 Å². The van der Waals surface area contributed by atoms with Crippen molar-refractivity contribution < 1.29 is 9.90 Å². The van der Waals surface area contributed by atoms with E-state index in [9.17, 15) is 9.90 Å². The van der Waals surface area contributed by atoms with Crippen LogP contribution in [0.15, 0.2) is 0 Å². The molecule has 0 aliphatic carbocycles. The van der Waals surface area contributed by atoms with Gasteiger partial charge in [0.25, 0.3) is 0 Å². The Morgan fingerprint density at radius 2 is 2.16 bits per heavy atom. The van der Waals surface area contributed by atoms with Gasteiger partial charge in [-0.05, 0) is 37.4 Å². The van der Waals surface area contributed by atoms with Crippen molar-refractivity contribution in [2.24, 2.45) is 5.41 Å². The van der Waals surface area contributed by atoms with Gasteiger partial charge >= 0.3 is 6.03 Å². The molecule has 1 fully saturated rings. The maximum Gasteiger partial charge on any atom is 0.315 e. The summed E-state index contributed by atoms with van der Waals surface area (Å²) >= 11 is 1.74. The average molecular weight is 288 g/mol. The maximum atomic E-state index is 11.7. The van der Waals surface area contributed by atoms with E-state index in [4.69, 9.17) is 0 Å². The van der Waals surface area contributed by atoms with E-state index in [1.165, 1.54) is 0 Å². The molecule has 0 aromatic rings. The van der Waals surface area contributed by atoms with Crippen molar-refractivity contribution in [2.75, 3.05) is 18.1 Å². The highest BCUT2D eigenvalue weighted by Crippen LogP contribution is 2.26. The summed E-state index contributed by atoms with van der Waals surface area (Å²) in [6, 6.07) is -0.0152. The van der Waals surface area contributed by atoms with Gasteiger partial charge in [0.05, 0.1) is 5.60 Å². The van der Waals surface area contributed by atoms with E-state index in [1.54, 1.807) is 11.8 Å². The Hall–Kier alpha value is -0.420. The highest BCUT2D eigenvalue weighted by atomic mass is 32.2. The van der Waals surface area contributed by atoms with E-state index in [-0.39, 0.29) is 12.1 Å². The van der Waals surface area contributed by atoms with E-state index in [0.717, 1.165) is 25.0 Å². The smallest absolute Gasteiger partial charge is 0.315 e. The first kappa shape index (κ1) is 16.6. The Labute approximate surface area is 121 Å². The molecule has 1 aliphatic rings. The van der Waals surface area contributed by atoms with Crippen LogP contribution in [0.4, 0.5) is 4.79 Å². The Bertz CT molecular complexity index is 296. The third kappa shape index (κ3) is 7.06. The van der Waals surface area contributed by atoms with E-state index in [2.05, 4.69) is 31.4 Å². The summed E-state index contributed by atoms with van der Waals surface area (Å²) in [5, 5.41) is 15.8. The molecule has 19 heavy (non-hydrogen) atoms. The standard InChI is InChI=1S/C14H28N2O2S/c1-11(5-6-13(2,3)4)16-12(17)15-9-14(18)7-8-19-10-14/h11,18H,5-10H2,1-4H3,(H2,15,16,17). The largest absolute Gasteiger partial charge is 0.387 e. The quantitative estimate of drug-likeness (QED) is 0.728. The van der Waals surface area contributed by atoms with Gasteiger partial charge in [-0.15, -0.1) is 0 Å². The topological polar surface area (TPSA) is 61.4 Å². The lowest BCUT2D eigenvalue weighted by atomic mass is 9.89. The molecule has 0 spiro atoms. The number of amides is 2. The van der Waals surface area contributed by atoms with Crippen LogP contribution in [0.25, 0.3) is 0 Å². The van der Waals surface area contributed by atoms with Gasteiger partial charge in [0, 0.05) is 18.3 Å². The number of aliphatic hydroxyl groups is 1. The molecule has 112 valence electrons. The van der Waals surface area contributed by atoms with Gasteiger partial charge in [0.1, 0.15) is 0 Å². The number of carbonyl (C=O) groups excluding carboxylic acids is 1. The zero-order valence-electron chi connectivity index (χ0n) is 12.6. The van der Waals surface area contributed by atoms with Crippen LogP contribution < -0.4 is 10.6 Å². The summed E-state index contributed by atoms with van der Waals surface area (Å²) in [5.74, 6) is 1.69. The Kier molecular flexibility index (Phi) is 5.99. The molecule has 0 radical (unpaired) electrons. The number of carbonyl (C=O) groups is 1. The van der Waals surface area contributed by atoms with Gasteiger partial charge in [-0.1, -0.05) is 20.8 Å². The molecule has 0 aromatic carbocycles. The SMILES string of the molecule is CC(CCC(C)(C)C)NC(=O)NCC1(O)CCSC1. The van der Waals surface area contributed by atoms with Gasteiger partial charge in [-0.3, -0.25) is 0 Å². The fourth-order valence-corrected chi connectivity index (χ4v) is 3.27. The average Bonchev–Trinajstić information content (AvgIpc) is 2.71. The summed E-state index contributed by atoms with van der Waals surface area (Å²) in [5.41, 5.74) is -0.417. The van der Waals surface area contributed by atoms with Crippen molar-refractivity contribution in [2.45, 2.75) is 58.6 Å². The fourth-order valence-electron chi connectivity index (χ4n) is 1.98. The number of rotatable bonds is 5. The lowest BCUT2D eigenvalue weighted by Crippen LogP contribution is -2.48. The number of nitrogens with one attached hydrogen (secondary N) is 2. The second kappa shape index (κ2) is 6.84. The zero-order chi connectivity index (χ0) is 14.5. The van der Waals surface area contributed by atoms with Crippen molar-refractivity contribution >= 4 is 17.8 Å². The van der Waals surface area contributed by atoms with E-state index in [0.29, 0.717) is 17.7 Å². The second-order valence-corrected chi connectivity index (χ2v) is 7.96. The molecular formula is C14H28N2O2S. The molecule has 1 heterocycles. The highest BCUT2D eigenvalue weighted by Gasteiger charge is 2.32. The molecule has 1 saturated heterocycles. The minimum Gasteiger partial charge on any atom is -0.387 e. The molecule has 0 saturated carbocycles. The number of urea groups is 1. The second-order valence-electron chi connectivity index (χ2n) is 6.85. The molecule has 2 atom stereocenters. The van der Waals surface area contributed by atoms with Crippen molar-refractivity contribution in [1.29, 1.82) is 0 Å². The summed E-state index contributed by atoms with van der Waals surface area (Å²) in [6.07, 6.45) is 2.81. The molecule has 1 rings (SSSR count). The van der Waals surface area contributed by atoms with E-state index in [1.807, 2.05) is 6.92 Å². The van der Waals surface area contributed by atoms with Crippen molar-refractivity contribution in [1.82, 2.24) is 10.6 Å². The molecule has 3 N–H and O–H groups in total. The van der Waals surface area contributed by atoms with Crippen molar-refractivity contribution in [3.05, 3.63) is 0 Å². The summed E-state index contributed by atoms with van der Waals surface area (Å²) in [7, 11) is 0. The Morgan fingerprint density at radius 3 is 2.68 bits per heavy atom. The van der Waals surface area contributed by atoms with Gasteiger partial charge in [-0.25, -0.2) is 4.79 Å². The minimum absolute atomic E-state index is 0.159. The molecule has 1 aliphatic heterocycles. The first-order chi connectivity index (χ1) is 8.70. The molecular weight excluding hydrogens is 260 g/mol. The molecule has 5 heteroatoms. The molecule has 0 aromatic heterocycles. The molecule has 2 unspecified atom stereocenters. The third-order valence-corrected chi connectivity index (χ3v) is 4.60. The summed E-state index contributed by atoms with van der Waals surface area (Å²) in [6.45, 7) is 8.97. The predicted molar refractivity (Wildman–Crippen MR) is 81.6 cm³/mol. The van der Waals surface area contributed by atoms with Crippen molar-refractivity contribution in [3.63, 3.8) is 0 Å². The molecule has 2 amide bonds. The molecule has 0 bridgehead atoms. The number of hydrogen-bond donors (Lipinski definition) is 3. The maximum absolute atomic E-state index is 11.7. The van der Waals surface area contributed by atoms with Crippen LogP contribution in [0.2, 0.25) is 0 Å². The van der Waals surface area contributed by atoms with E-state index >= 15 is 0 Å². The van der Waals surface area contributed by atoms with Crippen LogP contribution in [0, 0.1) is 5.41 Å². The van der Waals surface area contributed by atoms with Crippen LogP contribution in [-0.2, 0) is 0 Å². The van der Waals surface area contributed by atoms with Gasteiger partial charge in [-0.2, -0.15) is 11.8 Å². The van der Waals surface area contributed by atoms with E-state index < -0.39 is 5.60 Å². The monoisotopic (exact) mass is 288 g/mol. The van der Waals surface area contributed by atoms with Crippen LogP contribution in [0.5, 0.6) is 0 Å². The lowest BCUT2D eigenvalue weighted by molar-refractivity contribution is 0.0698. The van der Waals surface area contributed by atoms with Crippen LogP contribution in [0.1, 0.15) is 47.0 Å². The third-order valence-electron chi connectivity index (χ3n) is 3.37. The Morgan fingerprint density at radius 1 is 1.47 bits per heavy atom. The predicted octanol–water partition coefficient (Wildman–Crippen LogP) is 2.37. The molecule has 4 nitrogen and oxygen atoms in total. The lowest BCUT2D eigenvalue weighted by Gasteiger charge is -2.24. The van der Waals surface area contributed by atoms with Gasteiger partial charge in [0.2, 0.25) is 0 Å². The summed E-state index contributed by atoms with van der Waals surface area (Å²) in [4.78, 5) is 11.7. The minimum atomic E-state index is -0.712. The number of hydrogen-bond acceptors (Lipinski definition) is 3. The summed E-state index contributed by atoms with van der Waals surface area (Å²) < 4.78 is 0. The van der Waals surface area contributed by atoms with Crippen LogP contribution in [0.3, 0.4) is 0 Å². The number of thioether (sulfide) groups is 1. The highest BCUT2D eigenvalue weighted by molar-refractivity contribution is 7.99. The van der Waals surface area contributed by atoms with Gasteiger partial charge in [0.15, 0.2) is 0 Å². The van der Waals surface area contributed by atoms with Gasteiger partial charge < -0.3 is 15.7 Å². The van der Waals surface area contributed by atoms with Crippen LogP contribution in [-0.4, -0.2) is 40.8 Å². The fraction of sp³-hybridized carbons (Fsp3) is 0.929. The normalized spacial score (nSPS) is 25.1. The Balaban J connectivity index is 2.19. The van der Waals surface area contributed by atoms with Crippen molar-refractivity contribution in [3.8, 4) is 0 Å². The zero-order valence-corrected chi connectivity index (χ0v) is 13.4. The first-order valence-electron chi connectivity index (χ1n) is 7.05.